The van der Waals surface area contributed by atoms with Gasteiger partial charge in [-0.15, -0.1) is 0 Å². The molecule has 2 aliphatic heterocycles. The summed E-state index contributed by atoms with van der Waals surface area (Å²) < 4.78 is 11.6. The Morgan fingerprint density at radius 2 is 1.00 bits per heavy atom. The maximum absolute atomic E-state index is 5.79. The van der Waals surface area contributed by atoms with Gasteiger partial charge in [-0.2, -0.15) is 0 Å². The van der Waals surface area contributed by atoms with E-state index in [1.54, 1.807) is 0 Å². The third-order valence-corrected chi connectivity index (χ3v) is 4.77. The quantitative estimate of drug-likeness (QED) is 0.341. The Kier molecular flexibility index (Phi) is 7.37. The van der Waals surface area contributed by atoms with Gasteiger partial charge in [0.2, 0.25) is 0 Å². The summed E-state index contributed by atoms with van der Waals surface area (Å²) in [6, 6.07) is 0. The lowest BCUT2D eigenvalue weighted by atomic mass is 10.0. The first-order valence-electron chi connectivity index (χ1n) is 9.16. The fraction of sp³-hybridized carbons (Fsp3) is 1.00. The van der Waals surface area contributed by atoms with Crippen LogP contribution in [0.15, 0.2) is 0 Å². The lowest BCUT2D eigenvalue weighted by molar-refractivity contribution is 0.318. The third kappa shape index (κ3) is 6.13. The molecule has 0 aromatic heterocycles. The van der Waals surface area contributed by atoms with E-state index >= 15 is 0 Å². The molecule has 4 atom stereocenters. The van der Waals surface area contributed by atoms with E-state index in [9.17, 15) is 0 Å². The maximum Gasteiger partial charge on any atom is 0.0867 e. The molecular weight excluding hydrogens is 248 g/mol. The first-order chi connectivity index (χ1) is 9.85. The molecule has 2 heteroatoms. The molecule has 0 bridgehead atoms. The molecule has 4 unspecified atom stereocenters. The molecule has 0 radical (unpaired) electrons. The molecule has 2 rings (SSSR count). The zero-order valence-corrected chi connectivity index (χ0v) is 13.6. The second kappa shape index (κ2) is 9.04. The van der Waals surface area contributed by atoms with Crippen LogP contribution >= 0.6 is 0 Å². The van der Waals surface area contributed by atoms with Gasteiger partial charge in [0.25, 0.3) is 0 Å². The predicted molar refractivity (Wildman–Crippen MR) is 84.1 cm³/mol. The van der Waals surface area contributed by atoms with E-state index in [-0.39, 0.29) is 0 Å². The molecule has 0 saturated carbocycles. The molecule has 0 aromatic carbocycles. The molecule has 0 aromatic rings. The minimum absolute atomic E-state index is 0.534. The summed E-state index contributed by atoms with van der Waals surface area (Å²) in [4.78, 5) is 0. The summed E-state index contributed by atoms with van der Waals surface area (Å²) in [5, 5.41) is 0. The zero-order chi connectivity index (χ0) is 14.2. The summed E-state index contributed by atoms with van der Waals surface area (Å²) in [6.07, 6.45) is 18.2. The highest BCUT2D eigenvalue weighted by Gasteiger charge is 2.47. The van der Waals surface area contributed by atoms with Gasteiger partial charge < -0.3 is 9.47 Å². The van der Waals surface area contributed by atoms with Crippen molar-refractivity contribution >= 4 is 0 Å². The molecule has 118 valence electrons. The molecule has 0 aliphatic carbocycles. The van der Waals surface area contributed by atoms with E-state index in [0.29, 0.717) is 24.4 Å². The van der Waals surface area contributed by atoms with E-state index < -0.39 is 0 Å². The Morgan fingerprint density at radius 3 is 1.50 bits per heavy atom. The molecule has 20 heavy (non-hydrogen) atoms. The average Bonchev–Trinajstić information content (AvgIpc) is 3.35. The zero-order valence-electron chi connectivity index (χ0n) is 13.6. The molecule has 2 nitrogen and oxygen atoms in total. The number of ether oxygens (including phenoxy) is 2. The van der Waals surface area contributed by atoms with E-state index in [1.807, 2.05) is 0 Å². The van der Waals surface area contributed by atoms with Crippen molar-refractivity contribution in [3.8, 4) is 0 Å². The normalized spacial score (nSPS) is 31.5. The summed E-state index contributed by atoms with van der Waals surface area (Å²) >= 11 is 0. The monoisotopic (exact) mass is 282 g/mol. The predicted octanol–water partition coefficient (Wildman–Crippen LogP) is 5.24. The smallest absolute Gasteiger partial charge is 0.0867 e. The topological polar surface area (TPSA) is 25.1 Å². The third-order valence-electron chi connectivity index (χ3n) is 4.77. The summed E-state index contributed by atoms with van der Waals surface area (Å²) in [5.74, 6) is 0. The van der Waals surface area contributed by atoms with Gasteiger partial charge in [-0.3, -0.25) is 0 Å². The van der Waals surface area contributed by atoms with Crippen LogP contribution in [0.25, 0.3) is 0 Å². The van der Waals surface area contributed by atoms with Crippen LogP contribution in [0.1, 0.15) is 90.9 Å². The Balaban J connectivity index is 1.39. The molecule has 2 heterocycles. The van der Waals surface area contributed by atoms with Crippen LogP contribution in [0, 0.1) is 0 Å². The van der Waals surface area contributed by atoms with Crippen LogP contribution in [0.2, 0.25) is 0 Å². The van der Waals surface area contributed by atoms with Gasteiger partial charge in [0.15, 0.2) is 0 Å². The van der Waals surface area contributed by atoms with E-state index in [2.05, 4.69) is 13.8 Å². The van der Waals surface area contributed by atoms with Crippen LogP contribution in [-0.4, -0.2) is 24.4 Å². The Morgan fingerprint density at radius 1 is 0.550 bits per heavy atom. The molecule has 2 aliphatic rings. The number of rotatable bonds is 13. The molecule has 0 spiro atoms. The number of epoxide rings is 2. The summed E-state index contributed by atoms with van der Waals surface area (Å²) in [5.41, 5.74) is 0. The van der Waals surface area contributed by atoms with Crippen molar-refractivity contribution in [1.29, 1.82) is 0 Å². The van der Waals surface area contributed by atoms with E-state index in [4.69, 9.17) is 9.47 Å². The van der Waals surface area contributed by atoms with Crippen molar-refractivity contribution in [2.45, 2.75) is 115 Å². The number of unbranched alkanes of at least 4 members (excludes halogenated alkanes) is 7. The Bertz CT molecular complexity index is 254. The molecule has 0 N–H and O–H groups in total. The lowest BCUT2D eigenvalue weighted by Gasteiger charge is -1.97. The second-order valence-electron chi connectivity index (χ2n) is 6.71. The maximum atomic E-state index is 5.79. The Hall–Kier alpha value is -0.0800. The van der Waals surface area contributed by atoms with Crippen molar-refractivity contribution in [3.63, 3.8) is 0 Å². The highest BCUT2D eigenvalue weighted by atomic mass is 16.6. The van der Waals surface area contributed by atoms with Gasteiger partial charge in [-0.25, -0.2) is 0 Å². The van der Waals surface area contributed by atoms with Crippen molar-refractivity contribution in [1.82, 2.24) is 0 Å². The molecule has 0 amide bonds. The first-order valence-corrected chi connectivity index (χ1v) is 9.16. The largest absolute Gasteiger partial charge is 0.369 e. The number of hydrogen-bond donors (Lipinski definition) is 0. The highest BCUT2D eigenvalue weighted by molar-refractivity contribution is 4.94. The van der Waals surface area contributed by atoms with Gasteiger partial charge in [-0.1, -0.05) is 71.6 Å². The molecular formula is C18H34O2. The van der Waals surface area contributed by atoms with Crippen LogP contribution in [0.3, 0.4) is 0 Å². The van der Waals surface area contributed by atoms with Gasteiger partial charge in [-0.05, 0) is 12.8 Å². The highest BCUT2D eigenvalue weighted by Crippen LogP contribution is 2.39. The number of hydrogen-bond acceptors (Lipinski definition) is 2. The van der Waals surface area contributed by atoms with Crippen LogP contribution in [0.4, 0.5) is 0 Å². The lowest BCUT2D eigenvalue weighted by Crippen LogP contribution is -2.02. The minimum Gasteiger partial charge on any atom is -0.369 e. The van der Waals surface area contributed by atoms with Crippen LogP contribution in [0.5, 0.6) is 0 Å². The summed E-state index contributed by atoms with van der Waals surface area (Å²) in [7, 11) is 0. The first kappa shape index (κ1) is 16.3. The van der Waals surface area contributed by atoms with Gasteiger partial charge in [0, 0.05) is 6.42 Å². The molecule has 2 fully saturated rings. The average molecular weight is 282 g/mol. The van der Waals surface area contributed by atoms with Crippen molar-refractivity contribution < 1.29 is 9.47 Å². The van der Waals surface area contributed by atoms with Crippen LogP contribution < -0.4 is 0 Å². The standard InChI is InChI=1S/C18H34O2/c1-3-5-7-9-11-13-16-18(20-16)14-17-15(19-17)12-10-8-6-4-2/h15-18H,3-14H2,1-2H3. The SMILES string of the molecule is CCCCCCCC1OC1CC1OC1CCCCCC. The molecule has 2 saturated heterocycles. The van der Waals surface area contributed by atoms with Gasteiger partial charge in [0.05, 0.1) is 24.4 Å². The fourth-order valence-electron chi connectivity index (χ4n) is 3.23. The van der Waals surface area contributed by atoms with Crippen molar-refractivity contribution in [2.75, 3.05) is 0 Å². The summed E-state index contributed by atoms with van der Waals surface area (Å²) in [6.45, 7) is 4.54. The fourth-order valence-corrected chi connectivity index (χ4v) is 3.23. The van der Waals surface area contributed by atoms with Crippen LogP contribution in [-0.2, 0) is 9.47 Å². The van der Waals surface area contributed by atoms with Crippen molar-refractivity contribution in [3.05, 3.63) is 0 Å². The van der Waals surface area contributed by atoms with Gasteiger partial charge >= 0.3 is 0 Å². The minimum atomic E-state index is 0.534. The van der Waals surface area contributed by atoms with E-state index in [0.717, 1.165) is 6.42 Å². The van der Waals surface area contributed by atoms with E-state index in [1.165, 1.54) is 70.6 Å². The van der Waals surface area contributed by atoms with Crippen molar-refractivity contribution in [2.24, 2.45) is 0 Å². The van der Waals surface area contributed by atoms with Gasteiger partial charge in [0.1, 0.15) is 0 Å². The second-order valence-corrected chi connectivity index (χ2v) is 6.71. The Labute approximate surface area is 125 Å².